The molecule has 156 valence electrons. The molecule has 0 saturated carbocycles. The Hall–Kier alpha value is -2.22. The third-order valence-corrected chi connectivity index (χ3v) is 5.56. The van der Waals surface area contributed by atoms with Crippen LogP contribution in [0.2, 0.25) is 0 Å². The number of hydrogen-bond acceptors (Lipinski definition) is 5. The number of benzene rings is 2. The van der Waals surface area contributed by atoms with Gasteiger partial charge in [-0.2, -0.15) is 0 Å². The number of hydrogen-bond donors (Lipinski definition) is 3. The molecule has 3 N–H and O–H groups in total. The van der Waals surface area contributed by atoms with Crippen molar-refractivity contribution in [2.75, 3.05) is 13.1 Å². The van der Waals surface area contributed by atoms with Crippen LogP contribution in [0.15, 0.2) is 36.4 Å². The van der Waals surface area contributed by atoms with E-state index in [1.54, 1.807) is 12.1 Å². The van der Waals surface area contributed by atoms with Crippen LogP contribution in [0.5, 0.6) is 11.5 Å². The summed E-state index contributed by atoms with van der Waals surface area (Å²) in [6, 6.07) is 8.79. The van der Waals surface area contributed by atoms with E-state index in [4.69, 9.17) is 9.47 Å². The Morgan fingerprint density at radius 1 is 0.828 bits per heavy atom. The third kappa shape index (κ3) is 4.69. The summed E-state index contributed by atoms with van der Waals surface area (Å²) >= 11 is 0. The van der Waals surface area contributed by atoms with Crippen molar-refractivity contribution in [2.45, 2.75) is 50.1 Å². The molecule has 7 heteroatoms. The van der Waals surface area contributed by atoms with Gasteiger partial charge in [0.1, 0.15) is 47.5 Å². The number of aliphatic hydroxyl groups excluding tert-OH is 2. The van der Waals surface area contributed by atoms with Crippen LogP contribution < -0.4 is 14.8 Å². The summed E-state index contributed by atoms with van der Waals surface area (Å²) in [6.07, 6.45) is 0.214. The van der Waals surface area contributed by atoms with Gasteiger partial charge < -0.3 is 25.0 Å². The standard InChI is InChI=1S/C22H25F2NO4/c23-15-3-7-19-13(9-15)1-5-21(28-19)17(26)11-25-12-18(27)22-6-2-14-10-16(24)4-8-20(14)29-22/h3-4,7-10,17-18,21-22,25-27H,1-2,5-6,11-12H2/t17-,18+,21?,22?. The Balaban J connectivity index is 1.24. The van der Waals surface area contributed by atoms with E-state index >= 15 is 0 Å². The topological polar surface area (TPSA) is 71.0 Å². The Morgan fingerprint density at radius 2 is 1.28 bits per heavy atom. The number of aliphatic hydroxyl groups is 2. The molecule has 0 aromatic heterocycles. The summed E-state index contributed by atoms with van der Waals surface area (Å²) in [5.41, 5.74) is 1.62. The van der Waals surface area contributed by atoms with Gasteiger partial charge in [-0.15, -0.1) is 0 Å². The molecular formula is C22H25F2NO4. The molecule has 0 saturated heterocycles. The predicted molar refractivity (Wildman–Crippen MR) is 103 cm³/mol. The highest BCUT2D eigenvalue weighted by Crippen LogP contribution is 2.30. The molecule has 2 aromatic rings. The van der Waals surface area contributed by atoms with E-state index in [2.05, 4.69) is 5.32 Å². The second-order valence-corrected chi connectivity index (χ2v) is 7.69. The van der Waals surface area contributed by atoms with Crippen molar-refractivity contribution >= 4 is 0 Å². The lowest BCUT2D eigenvalue weighted by molar-refractivity contribution is 0.00892. The number of aryl methyl sites for hydroxylation is 2. The molecule has 0 aliphatic carbocycles. The first-order chi connectivity index (χ1) is 14.0. The summed E-state index contributed by atoms with van der Waals surface area (Å²) in [5, 5.41) is 23.9. The predicted octanol–water partition coefficient (Wildman–Crippen LogP) is 2.36. The van der Waals surface area contributed by atoms with Crippen LogP contribution in [-0.4, -0.2) is 47.7 Å². The molecule has 0 fully saturated rings. The maximum atomic E-state index is 13.3. The van der Waals surface area contributed by atoms with Crippen LogP contribution in [0.3, 0.4) is 0 Å². The van der Waals surface area contributed by atoms with Gasteiger partial charge in [-0.25, -0.2) is 8.78 Å². The van der Waals surface area contributed by atoms with E-state index in [0.717, 1.165) is 11.1 Å². The van der Waals surface area contributed by atoms with Gasteiger partial charge in [-0.3, -0.25) is 0 Å². The highest BCUT2D eigenvalue weighted by atomic mass is 19.1. The van der Waals surface area contributed by atoms with Crippen LogP contribution in [0.4, 0.5) is 8.78 Å². The molecule has 2 heterocycles. The molecule has 2 aromatic carbocycles. The van der Waals surface area contributed by atoms with Crippen molar-refractivity contribution in [1.29, 1.82) is 0 Å². The van der Waals surface area contributed by atoms with Crippen LogP contribution >= 0.6 is 0 Å². The summed E-state index contributed by atoms with van der Waals surface area (Å²) in [6.45, 7) is 0.513. The molecule has 0 radical (unpaired) electrons. The third-order valence-electron chi connectivity index (χ3n) is 5.56. The number of rotatable bonds is 6. The molecule has 0 amide bonds. The maximum absolute atomic E-state index is 13.3. The molecule has 2 aliphatic heterocycles. The minimum absolute atomic E-state index is 0.257. The first-order valence-corrected chi connectivity index (χ1v) is 9.96. The van der Waals surface area contributed by atoms with Gasteiger partial charge in [0.05, 0.1) is 0 Å². The monoisotopic (exact) mass is 405 g/mol. The van der Waals surface area contributed by atoms with Crippen molar-refractivity contribution in [1.82, 2.24) is 5.32 Å². The van der Waals surface area contributed by atoms with E-state index in [1.165, 1.54) is 24.3 Å². The van der Waals surface area contributed by atoms with Crippen LogP contribution in [-0.2, 0) is 12.8 Å². The second kappa shape index (κ2) is 8.65. The van der Waals surface area contributed by atoms with Gasteiger partial charge in [0.25, 0.3) is 0 Å². The summed E-state index contributed by atoms with van der Waals surface area (Å²) in [4.78, 5) is 0. The number of ether oxygens (including phenoxy) is 2. The van der Waals surface area contributed by atoms with E-state index in [0.29, 0.717) is 37.2 Å². The molecular weight excluding hydrogens is 380 g/mol. The van der Waals surface area contributed by atoms with Crippen LogP contribution in [0.25, 0.3) is 0 Å². The molecule has 4 rings (SSSR count). The lowest BCUT2D eigenvalue weighted by atomic mass is 9.98. The van der Waals surface area contributed by atoms with E-state index < -0.39 is 12.2 Å². The van der Waals surface area contributed by atoms with Crippen molar-refractivity contribution < 1.29 is 28.5 Å². The molecule has 5 nitrogen and oxygen atoms in total. The second-order valence-electron chi connectivity index (χ2n) is 7.69. The van der Waals surface area contributed by atoms with E-state index in [1.807, 2.05) is 0 Å². The lowest BCUT2D eigenvalue weighted by Crippen LogP contribution is -2.46. The van der Waals surface area contributed by atoms with Gasteiger partial charge in [-0.05, 0) is 73.2 Å². The van der Waals surface area contributed by atoms with Crippen LogP contribution in [0, 0.1) is 11.6 Å². The lowest BCUT2D eigenvalue weighted by Gasteiger charge is -2.31. The molecule has 2 aliphatic rings. The quantitative estimate of drug-likeness (QED) is 0.688. The first kappa shape index (κ1) is 20.1. The smallest absolute Gasteiger partial charge is 0.126 e. The van der Waals surface area contributed by atoms with Crippen molar-refractivity contribution in [3.8, 4) is 11.5 Å². The molecule has 0 spiro atoms. The zero-order valence-electron chi connectivity index (χ0n) is 16.0. The fourth-order valence-corrected chi connectivity index (χ4v) is 3.94. The molecule has 29 heavy (non-hydrogen) atoms. The molecule has 2 unspecified atom stereocenters. The largest absolute Gasteiger partial charge is 0.487 e. The molecule has 0 bridgehead atoms. The Bertz CT molecular complexity index is 793. The highest BCUT2D eigenvalue weighted by molar-refractivity contribution is 5.36. The van der Waals surface area contributed by atoms with Gasteiger partial charge >= 0.3 is 0 Å². The fraction of sp³-hybridized carbons (Fsp3) is 0.455. The zero-order chi connectivity index (χ0) is 20.4. The molecule has 4 atom stereocenters. The number of fused-ring (bicyclic) bond motifs is 2. The normalized spacial score (nSPS) is 22.6. The number of halogens is 2. The van der Waals surface area contributed by atoms with Gasteiger partial charge in [0.2, 0.25) is 0 Å². The van der Waals surface area contributed by atoms with Crippen LogP contribution in [0.1, 0.15) is 24.0 Å². The average Bonchev–Trinajstić information content (AvgIpc) is 2.72. The van der Waals surface area contributed by atoms with Crippen molar-refractivity contribution in [2.24, 2.45) is 0 Å². The SMILES string of the molecule is O[C@H](CNC[C@H](O)C1CCc2cc(F)ccc2O1)C1CCc2cc(F)ccc2O1. The summed E-state index contributed by atoms with van der Waals surface area (Å²) < 4.78 is 38.2. The van der Waals surface area contributed by atoms with Gasteiger partial charge in [-0.1, -0.05) is 0 Å². The van der Waals surface area contributed by atoms with Crippen molar-refractivity contribution in [3.63, 3.8) is 0 Å². The Morgan fingerprint density at radius 3 is 1.72 bits per heavy atom. The van der Waals surface area contributed by atoms with Gasteiger partial charge in [0.15, 0.2) is 0 Å². The summed E-state index contributed by atoms with van der Waals surface area (Å²) in [5.74, 6) is 0.624. The Labute approximate surface area is 168 Å². The minimum atomic E-state index is -0.753. The fourth-order valence-electron chi connectivity index (χ4n) is 3.94. The summed E-state index contributed by atoms with van der Waals surface area (Å²) in [7, 11) is 0. The zero-order valence-corrected chi connectivity index (χ0v) is 16.0. The average molecular weight is 405 g/mol. The Kier molecular flexibility index (Phi) is 5.99. The maximum Gasteiger partial charge on any atom is 0.126 e. The van der Waals surface area contributed by atoms with Crippen molar-refractivity contribution in [3.05, 3.63) is 59.2 Å². The minimum Gasteiger partial charge on any atom is -0.487 e. The highest BCUT2D eigenvalue weighted by Gasteiger charge is 2.29. The number of nitrogens with one attached hydrogen (secondary N) is 1. The first-order valence-electron chi connectivity index (χ1n) is 9.96. The van der Waals surface area contributed by atoms with E-state index in [9.17, 15) is 19.0 Å². The van der Waals surface area contributed by atoms with Gasteiger partial charge in [0, 0.05) is 13.1 Å². The van der Waals surface area contributed by atoms with E-state index in [-0.39, 0.29) is 36.9 Å².